The van der Waals surface area contributed by atoms with Crippen LogP contribution in [0.15, 0.2) is 16.6 Å². The molecule has 0 bridgehead atoms. The number of rotatable bonds is 3. The Morgan fingerprint density at radius 1 is 1.22 bits per heavy atom. The number of halogens is 1. The van der Waals surface area contributed by atoms with Crippen LogP contribution in [0.1, 0.15) is 49.5 Å². The molecule has 0 aromatic heterocycles. The lowest BCUT2D eigenvalue weighted by atomic mass is 9.95. The first-order valence-electron chi connectivity index (χ1n) is 8.86. The molecule has 7 nitrogen and oxygen atoms in total. The average Bonchev–Trinajstić information content (AvgIpc) is 2.55. The first-order valence-corrected chi connectivity index (χ1v) is 9.66. The number of benzene rings is 1. The third-order valence-electron chi connectivity index (χ3n) is 4.33. The summed E-state index contributed by atoms with van der Waals surface area (Å²) in [4.78, 5) is 38.1. The molecular formula is C19H26BrN3O4. The third kappa shape index (κ3) is 5.69. The highest BCUT2D eigenvalue weighted by atomic mass is 79.9. The van der Waals surface area contributed by atoms with Crippen molar-refractivity contribution < 1.29 is 19.1 Å². The number of carbonyl (C=O) groups excluding carboxylic acids is 3. The summed E-state index contributed by atoms with van der Waals surface area (Å²) in [6, 6.07) is 3.41. The van der Waals surface area contributed by atoms with Crippen LogP contribution < -0.4 is 11.1 Å². The molecule has 3 amide bonds. The minimum absolute atomic E-state index is 0.174. The number of aryl methyl sites for hydroxylation is 1. The largest absolute Gasteiger partial charge is 0.444 e. The van der Waals surface area contributed by atoms with Crippen molar-refractivity contribution in [3.05, 3.63) is 27.7 Å². The van der Waals surface area contributed by atoms with Crippen LogP contribution >= 0.6 is 15.9 Å². The molecule has 1 aliphatic rings. The van der Waals surface area contributed by atoms with Gasteiger partial charge in [-0.05, 0) is 58.2 Å². The maximum atomic E-state index is 12.7. The second-order valence-electron chi connectivity index (χ2n) is 7.74. The lowest BCUT2D eigenvalue weighted by molar-refractivity contribution is -0.121. The number of nitrogens with one attached hydrogen (secondary N) is 1. The van der Waals surface area contributed by atoms with Crippen LogP contribution in [0.4, 0.5) is 10.5 Å². The minimum Gasteiger partial charge on any atom is -0.444 e. The topological polar surface area (TPSA) is 102 Å². The number of amides is 3. The van der Waals surface area contributed by atoms with Gasteiger partial charge in [-0.25, -0.2) is 4.79 Å². The summed E-state index contributed by atoms with van der Waals surface area (Å²) in [5.41, 5.74) is 6.34. The van der Waals surface area contributed by atoms with Crippen molar-refractivity contribution in [2.75, 3.05) is 18.4 Å². The molecule has 3 N–H and O–H groups in total. The highest BCUT2D eigenvalue weighted by Crippen LogP contribution is 2.28. The second-order valence-corrected chi connectivity index (χ2v) is 8.66. The molecular weight excluding hydrogens is 414 g/mol. The maximum Gasteiger partial charge on any atom is 0.410 e. The number of nitrogens with zero attached hydrogens (tertiary/aromatic N) is 1. The molecule has 0 spiro atoms. The standard InChI is InChI=1S/C19H26BrN3O4/c1-11-9-13(20)10-14(16(21)24)15(11)22-17(25)12-5-7-23(8-6-12)18(26)27-19(2,3)4/h9-10,12H,5-8H2,1-4H3,(H2,21,24)(H,22,25). The van der Waals surface area contributed by atoms with Crippen molar-refractivity contribution in [3.63, 3.8) is 0 Å². The molecule has 0 saturated carbocycles. The number of ether oxygens (including phenoxy) is 1. The second kappa shape index (κ2) is 8.29. The predicted molar refractivity (Wildman–Crippen MR) is 107 cm³/mol. The van der Waals surface area contributed by atoms with Gasteiger partial charge in [0.25, 0.3) is 5.91 Å². The molecule has 0 aliphatic carbocycles. The van der Waals surface area contributed by atoms with Gasteiger partial charge in [0.2, 0.25) is 5.91 Å². The molecule has 2 rings (SSSR count). The smallest absolute Gasteiger partial charge is 0.410 e. The van der Waals surface area contributed by atoms with E-state index < -0.39 is 11.5 Å². The molecule has 27 heavy (non-hydrogen) atoms. The molecule has 0 unspecified atom stereocenters. The highest BCUT2D eigenvalue weighted by Gasteiger charge is 2.30. The molecule has 1 heterocycles. The number of anilines is 1. The Balaban J connectivity index is 2.01. The molecule has 1 fully saturated rings. The quantitative estimate of drug-likeness (QED) is 0.752. The summed E-state index contributed by atoms with van der Waals surface area (Å²) in [7, 11) is 0. The van der Waals surface area contributed by atoms with E-state index in [2.05, 4.69) is 21.2 Å². The Kier molecular flexibility index (Phi) is 6.51. The number of likely N-dealkylation sites (tertiary alicyclic amines) is 1. The summed E-state index contributed by atoms with van der Waals surface area (Å²) in [6.45, 7) is 8.17. The molecule has 1 aromatic rings. The van der Waals surface area contributed by atoms with Crippen molar-refractivity contribution in [1.82, 2.24) is 4.90 Å². The van der Waals surface area contributed by atoms with Gasteiger partial charge in [-0.15, -0.1) is 0 Å². The van der Waals surface area contributed by atoms with Crippen LogP contribution in [0.3, 0.4) is 0 Å². The number of nitrogens with two attached hydrogens (primary N) is 1. The van der Waals surface area contributed by atoms with Gasteiger partial charge in [0.1, 0.15) is 5.60 Å². The van der Waals surface area contributed by atoms with Crippen LogP contribution in [0.25, 0.3) is 0 Å². The van der Waals surface area contributed by atoms with Crippen LogP contribution in [-0.4, -0.2) is 41.5 Å². The van der Waals surface area contributed by atoms with E-state index in [0.29, 0.717) is 31.6 Å². The number of primary amides is 1. The monoisotopic (exact) mass is 439 g/mol. The fraction of sp³-hybridized carbons (Fsp3) is 0.526. The van der Waals surface area contributed by atoms with Gasteiger partial charge in [-0.1, -0.05) is 15.9 Å². The summed E-state index contributed by atoms with van der Waals surface area (Å²) in [5, 5.41) is 2.84. The maximum absolute atomic E-state index is 12.7. The zero-order valence-corrected chi connectivity index (χ0v) is 17.7. The molecule has 1 aromatic carbocycles. The van der Waals surface area contributed by atoms with E-state index in [9.17, 15) is 14.4 Å². The van der Waals surface area contributed by atoms with Gasteiger partial charge in [-0.2, -0.15) is 0 Å². The van der Waals surface area contributed by atoms with E-state index in [1.54, 1.807) is 17.9 Å². The van der Waals surface area contributed by atoms with E-state index in [1.165, 1.54) is 0 Å². The summed E-state index contributed by atoms with van der Waals surface area (Å²) < 4.78 is 6.09. The lowest BCUT2D eigenvalue weighted by Gasteiger charge is -2.33. The summed E-state index contributed by atoms with van der Waals surface area (Å²) in [5.74, 6) is -1.02. The summed E-state index contributed by atoms with van der Waals surface area (Å²) in [6.07, 6.45) is 0.708. The predicted octanol–water partition coefficient (Wildman–Crippen LogP) is 3.44. The van der Waals surface area contributed by atoms with E-state index in [4.69, 9.17) is 10.5 Å². The van der Waals surface area contributed by atoms with Gasteiger partial charge in [-0.3, -0.25) is 9.59 Å². The molecule has 1 saturated heterocycles. The first kappa shape index (κ1) is 21.2. The fourth-order valence-electron chi connectivity index (χ4n) is 2.98. The van der Waals surface area contributed by atoms with Crippen molar-refractivity contribution in [2.45, 2.75) is 46.1 Å². The number of hydrogen-bond acceptors (Lipinski definition) is 4. The van der Waals surface area contributed by atoms with Gasteiger partial charge in [0.15, 0.2) is 0 Å². The molecule has 1 aliphatic heterocycles. The van der Waals surface area contributed by atoms with Crippen LogP contribution in [0, 0.1) is 12.8 Å². The Hall–Kier alpha value is -2.09. The van der Waals surface area contributed by atoms with Crippen molar-refractivity contribution in [1.29, 1.82) is 0 Å². The Morgan fingerprint density at radius 2 is 1.81 bits per heavy atom. The zero-order valence-electron chi connectivity index (χ0n) is 16.1. The molecule has 148 valence electrons. The van der Waals surface area contributed by atoms with E-state index in [1.807, 2.05) is 26.8 Å². The number of piperidine rings is 1. The number of carbonyl (C=O) groups is 3. The Bertz CT molecular complexity index is 750. The van der Waals surface area contributed by atoms with Gasteiger partial charge in [0.05, 0.1) is 11.3 Å². The van der Waals surface area contributed by atoms with Crippen LogP contribution in [0.5, 0.6) is 0 Å². The van der Waals surface area contributed by atoms with E-state index >= 15 is 0 Å². The van der Waals surface area contributed by atoms with E-state index in [0.717, 1.165) is 10.0 Å². The molecule has 0 radical (unpaired) electrons. The molecule has 8 heteroatoms. The van der Waals surface area contributed by atoms with E-state index in [-0.39, 0.29) is 23.5 Å². The van der Waals surface area contributed by atoms with Gasteiger partial charge < -0.3 is 20.7 Å². The van der Waals surface area contributed by atoms with Crippen LogP contribution in [0.2, 0.25) is 0 Å². The first-order chi connectivity index (χ1) is 12.5. The normalized spacial score (nSPS) is 15.4. The average molecular weight is 440 g/mol. The minimum atomic E-state index is -0.602. The van der Waals surface area contributed by atoms with Crippen molar-refractivity contribution >= 4 is 39.5 Å². The van der Waals surface area contributed by atoms with Crippen molar-refractivity contribution in [2.24, 2.45) is 11.7 Å². The van der Waals surface area contributed by atoms with Gasteiger partial charge >= 0.3 is 6.09 Å². The Morgan fingerprint density at radius 3 is 2.33 bits per heavy atom. The zero-order chi connectivity index (χ0) is 20.4. The lowest BCUT2D eigenvalue weighted by Crippen LogP contribution is -2.43. The summed E-state index contributed by atoms with van der Waals surface area (Å²) >= 11 is 3.33. The van der Waals surface area contributed by atoms with Crippen LogP contribution in [-0.2, 0) is 9.53 Å². The molecule has 0 atom stereocenters. The number of hydrogen-bond donors (Lipinski definition) is 2. The highest BCUT2D eigenvalue weighted by molar-refractivity contribution is 9.10. The third-order valence-corrected chi connectivity index (χ3v) is 4.79. The van der Waals surface area contributed by atoms with Gasteiger partial charge in [0, 0.05) is 23.5 Å². The Labute approximate surface area is 167 Å². The fourth-order valence-corrected chi connectivity index (χ4v) is 3.55. The SMILES string of the molecule is Cc1cc(Br)cc(C(N)=O)c1NC(=O)C1CCN(C(=O)OC(C)(C)C)CC1. The van der Waals surface area contributed by atoms with Crippen molar-refractivity contribution in [3.8, 4) is 0 Å².